The second kappa shape index (κ2) is 8.98. The van der Waals surface area contributed by atoms with E-state index in [0.717, 1.165) is 5.56 Å². The van der Waals surface area contributed by atoms with Gasteiger partial charge in [0.15, 0.2) is 10.2 Å². The fourth-order valence-electron chi connectivity index (χ4n) is 1.36. The molecule has 0 amide bonds. The molecule has 0 saturated carbocycles. The topological polar surface area (TPSA) is 72.8 Å². The first-order valence-corrected chi connectivity index (χ1v) is 7.03. The molecule has 8 heteroatoms. The van der Waals surface area contributed by atoms with Crippen molar-refractivity contribution >= 4 is 46.1 Å². The maximum absolute atomic E-state index is 5.02. The second-order valence-corrected chi connectivity index (χ2v) is 4.72. The van der Waals surface area contributed by atoms with Gasteiger partial charge in [0, 0.05) is 19.7 Å². The fourth-order valence-corrected chi connectivity index (χ4v) is 1.45. The SMILES string of the molecule is CNC(=S)N/N=C(C)\C(=N\NC(=S)NC)c1ccccc1. The number of hydrogen-bond acceptors (Lipinski definition) is 4. The Balaban J connectivity index is 3.02. The Hall–Kier alpha value is -2.06. The second-order valence-electron chi connectivity index (χ2n) is 3.91. The molecule has 0 bridgehead atoms. The fraction of sp³-hybridized carbons (Fsp3) is 0.231. The minimum absolute atomic E-state index is 0.426. The van der Waals surface area contributed by atoms with Gasteiger partial charge in [-0.05, 0) is 31.4 Å². The van der Waals surface area contributed by atoms with E-state index in [4.69, 9.17) is 24.4 Å². The smallest absolute Gasteiger partial charge is 0.186 e. The lowest BCUT2D eigenvalue weighted by molar-refractivity contribution is 0.966. The molecular weight excluding hydrogens is 304 g/mol. The normalized spacial score (nSPS) is 11.6. The van der Waals surface area contributed by atoms with Gasteiger partial charge in [-0.15, -0.1) is 0 Å². The van der Waals surface area contributed by atoms with Crippen molar-refractivity contribution < 1.29 is 0 Å². The Morgan fingerprint density at radius 3 is 1.95 bits per heavy atom. The molecule has 6 nitrogen and oxygen atoms in total. The predicted octanol–water partition coefficient (Wildman–Crippen LogP) is 0.954. The van der Waals surface area contributed by atoms with Crippen molar-refractivity contribution in [3.8, 4) is 0 Å². The number of benzene rings is 1. The maximum Gasteiger partial charge on any atom is 0.186 e. The Morgan fingerprint density at radius 1 is 0.905 bits per heavy atom. The van der Waals surface area contributed by atoms with Crippen LogP contribution in [0.4, 0.5) is 0 Å². The lowest BCUT2D eigenvalue weighted by atomic mass is 10.1. The summed E-state index contributed by atoms with van der Waals surface area (Å²) in [5.74, 6) is 0. The summed E-state index contributed by atoms with van der Waals surface area (Å²) in [6.45, 7) is 1.83. The summed E-state index contributed by atoms with van der Waals surface area (Å²) in [5, 5.41) is 14.9. The molecule has 0 fully saturated rings. The molecule has 21 heavy (non-hydrogen) atoms. The van der Waals surface area contributed by atoms with Gasteiger partial charge in [0.25, 0.3) is 0 Å². The van der Waals surface area contributed by atoms with E-state index >= 15 is 0 Å². The summed E-state index contributed by atoms with van der Waals surface area (Å²) in [4.78, 5) is 0. The lowest BCUT2D eigenvalue weighted by Gasteiger charge is -2.09. The number of rotatable bonds is 4. The number of thiocarbonyl (C=S) groups is 2. The Labute approximate surface area is 135 Å². The van der Waals surface area contributed by atoms with Crippen molar-refractivity contribution in [3.05, 3.63) is 35.9 Å². The van der Waals surface area contributed by atoms with Gasteiger partial charge >= 0.3 is 0 Å². The summed E-state index contributed by atoms with van der Waals surface area (Å²) in [6.07, 6.45) is 0. The highest BCUT2D eigenvalue weighted by molar-refractivity contribution is 7.80. The molecule has 1 aromatic carbocycles. The zero-order valence-electron chi connectivity index (χ0n) is 12.1. The van der Waals surface area contributed by atoms with E-state index in [9.17, 15) is 0 Å². The lowest BCUT2D eigenvalue weighted by Crippen LogP contribution is -2.32. The van der Waals surface area contributed by atoms with Crippen molar-refractivity contribution in [1.29, 1.82) is 0 Å². The standard InChI is InChI=1S/C13H18N6S2/c1-9(16-18-12(20)14-2)11(17-19-13(21)15-3)10-7-5-4-6-8-10/h4-8H,1-3H3,(H2,14,18,20)(H2,15,19,21)/b16-9-,17-11-. The van der Waals surface area contributed by atoms with Crippen molar-refractivity contribution in [2.75, 3.05) is 14.1 Å². The zero-order chi connectivity index (χ0) is 15.7. The van der Waals surface area contributed by atoms with Gasteiger partial charge in [0.05, 0.1) is 5.71 Å². The monoisotopic (exact) mass is 322 g/mol. The maximum atomic E-state index is 5.02. The summed E-state index contributed by atoms with van der Waals surface area (Å²) in [6, 6.07) is 9.69. The molecular formula is C13H18N6S2. The van der Waals surface area contributed by atoms with E-state index in [0.29, 0.717) is 21.6 Å². The first-order valence-electron chi connectivity index (χ1n) is 6.21. The quantitative estimate of drug-likeness (QED) is 0.376. The van der Waals surface area contributed by atoms with E-state index in [1.807, 2.05) is 37.3 Å². The van der Waals surface area contributed by atoms with Crippen molar-refractivity contribution in [2.45, 2.75) is 6.92 Å². The third kappa shape index (κ3) is 5.84. The molecule has 0 spiro atoms. The summed E-state index contributed by atoms with van der Waals surface area (Å²) >= 11 is 10.0. The highest BCUT2D eigenvalue weighted by Crippen LogP contribution is 2.02. The molecule has 0 unspecified atom stereocenters. The molecule has 0 heterocycles. The van der Waals surface area contributed by atoms with Crippen molar-refractivity contribution in [2.24, 2.45) is 10.2 Å². The largest absolute Gasteiger partial charge is 0.364 e. The van der Waals surface area contributed by atoms with Gasteiger partial charge in [0.1, 0.15) is 5.71 Å². The van der Waals surface area contributed by atoms with Crippen LogP contribution in [-0.4, -0.2) is 35.7 Å². The highest BCUT2D eigenvalue weighted by Gasteiger charge is 2.08. The van der Waals surface area contributed by atoms with E-state index in [1.165, 1.54) is 0 Å². The highest BCUT2D eigenvalue weighted by atomic mass is 32.1. The minimum Gasteiger partial charge on any atom is -0.364 e. The summed E-state index contributed by atoms with van der Waals surface area (Å²) in [7, 11) is 3.44. The van der Waals surface area contributed by atoms with Crippen LogP contribution in [0.15, 0.2) is 40.5 Å². The first-order chi connectivity index (χ1) is 10.1. The van der Waals surface area contributed by atoms with Gasteiger partial charge in [-0.25, -0.2) is 0 Å². The molecule has 0 aliphatic heterocycles. The van der Waals surface area contributed by atoms with Gasteiger partial charge in [-0.2, -0.15) is 10.2 Å². The summed E-state index contributed by atoms with van der Waals surface area (Å²) in [5.41, 5.74) is 7.76. The van der Waals surface area contributed by atoms with Gasteiger partial charge in [0.2, 0.25) is 0 Å². The van der Waals surface area contributed by atoms with Crippen LogP contribution in [0.5, 0.6) is 0 Å². The average Bonchev–Trinajstić information content (AvgIpc) is 2.53. The molecule has 1 aromatic rings. The molecule has 0 aromatic heterocycles. The van der Waals surface area contributed by atoms with Crippen LogP contribution >= 0.6 is 24.4 Å². The van der Waals surface area contributed by atoms with E-state index in [1.54, 1.807) is 14.1 Å². The minimum atomic E-state index is 0.426. The van der Waals surface area contributed by atoms with Crippen molar-refractivity contribution in [1.82, 2.24) is 21.5 Å². The Morgan fingerprint density at radius 2 is 1.43 bits per heavy atom. The Bertz CT molecular complexity index is 553. The molecule has 0 saturated heterocycles. The van der Waals surface area contributed by atoms with E-state index < -0.39 is 0 Å². The molecule has 112 valence electrons. The summed E-state index contributed by atoms with van der Waals surface area (Å²) < 4.78 is 0. The third-order valence-corrected chi connectivity index (χ3v) is 3.03. The Kier molecular flexibility index (Phi) is 7.27. The molecule has 4 N–H and O–H groups in total. The molecule has 0 aliphatic carbocycles. The third-order valence-electron chi connectivity index (χ3n) is 2.44. The van der Waals surface area contributed by atoms with Crippen LogP contribution in [0.3, 0.4) is 0 Å². The van der Waals surface area contributed by atoms with Crippen LogP contribution in [0.1, 0.15) is 12.5 Å². The molecule has 0 atom stereocenters. The van der Waals surface area contributed by atoms with Crippen LogP contribution in [-0.2, 0) is 0 Å². The van der Waals surface area contributed by atoms with Crippen LogP contribution in [0.25, 0.3) is 0 Å². The van der Waals surface area contributed by atoms with Crippen LogP contribution < -0.4 is 21.5 Å². The molecule has 1 rings (SSSR count). The first kappa shape index (κ1) is 17.0. The number of nitrogens with one attached hydrogen (secondary N) is 4. The van der Waals surface area contributed by atoms with Gasteiger partial charge < -0.3 is 10.6 Å². The van der Waals surface area contributed by atoms with Crippen LogP contribution in [0, 0.1) is 0 Å². The van der Waals surface area contributed by atoms with Crippen molar-refractivity contribution in [3.63, 3.8) is 0 Å². The number of hydrazone groups is 2. The van der Waals surface area contributed by atoms with Gasteiger partial charge in [-0.1, -0.05) is 30.3 Å². The van der Waals surface area contributed by atoms with E-state index in [2.05, 4.69) is 31.7 Å². The zero-order valence-corrected chi connectivity index (χ0v) is 13.7. The van der Waals surface area contributed by atoms with Gasteiger partial charge in [-0.3, -0.25) is 10.9 Å². The number of nitrogens with zero attached hydrogens (tertiary/aromatic N) is 2. The van der Waals surface area contributed by atoms with Crippen LogP contribution in [0.2, 0.25) is 0 Å². The number of hydrogen-bond donors (Lipinski definition) is 4. The average molecular weight is 322 g/mol. The predicted molar refractivity (Wildman–Crippen MR) is 95.7 cm³/mol. The van der Waals surface area contributed by atoms with E-state index in [-0.39, 0.29) is 0 Å². The molecule has 0 radical (unpaired) electrons. The molecule has 0 aliphatic rings.